The second kappa shape index (κ2) is 5.66. The summed E-state index contributed by atoms with van der Waals surface area (Å²) in [6.45, 7) is 0.394. The molecule has 0 unspecified atom stereocenters. The molecule has 0 spiro atoms. The van der Waals surface area contributed by atoms with Gasteiger partial charge >= 0.3 is 0 Å². The van der Waals surface area contributed by atoms with Gasteiger partial charge in [-0.05, 0) is 29.8 Å². The molecule has 0 saturated carbocycles. The molecule has 0 amide bonds. The number of rotatable bonds is 4. The fraction of sp³-hybridized carbons (Fsp3) is 0.0625. The van der Waals surface area contributed by atoms with Crippen molar-refractivity contribution in [1.29, 1.82) is 0 Å². The third-order valence-electron chi connectivity index (χ3n) is 3.06. The van der Waals surface area contributed by atoms with Crippen LogP contribution in [0.5, 0.6) is 0 Å². The first-order chi connectivity index (χ1) is 10.3. The molecule has 0 aliphatic heterocycles. The van der Waals surface area contributed by atoms with Crippen molar-refractivity contribution < 1.29 is 9.18 Å². The van der Waals surface area contributed by atoms with Gasteiger partial charge in [0.15, 0.2) is 6.29 Å². The van der Waals surface area contributed by atoms with Gasteiger partial charge in [0.1, 0.15) is 11.5 Å². The lowest BCUT2D eigenvalue weighted by Gasteiger charge is -2.01. The predicted octanol–water partition coefficient (Wildman–Crippen LogP) is 2.95. The van der Waals surface area contributed by atoms with E-state index in [1.807, 2.05) is 12.1 Å². The van der Waals surface area contributed by atoms with Crippen LogP contribution in [-0.4, -0.2) is 21.1 Å². The summed E-state index contributed by atoms with van der Waals surface area (Å²) in [5, 5.41) is 4.38. The maximum atomic E-state index is 13.2. The van der Waals surface area contributed by atoms with Crippen LogP contribution in [0.25, 0.3) is 11.4 Å². The first kappa shape index (κ1) is 13.2. The third-order valence-corrected chi connectivity index (χ3v) is 3.06. The molecule has 104 valence electrons. The quantitative estimate of drug-likeness (QED) is 0.691. The highest BCUT2D eigenvalue weighted by atomic mass is 19.1. The second-order valence-corrected chi connectivity index (χ2v) is 4.59. The summed E-state index contributed by atoms with van der Waals surface area (Å²) in [7, 11) is 0. The third kappa shape index (κ3) is 2.86. The average Bonchev–Trinajstić information content (AvgIpc) is 2.91. The predicted molar refractivity (Wildman–Crippen MR) is 76.3 cm³/mol. The largest absolute Gasteiger partial charge is 0.298 e. The Morgan fingerprint density at radius 2 is 2.10 bits per heavy atom. The highest BCUT2D eigenvalue weighted by Crippen LogP contribution is 2.18. The number of benzene rings is 1. The monoisotopic (exact) mass is 281 g/mol. The normalized spacial score (nSPS) is 10.5. The molecule has 2 heterocycles. The van der Waals surface area contributed by atoms with E-state index >= 15 is 0 Å². The molecule has 0 fully saturated rings. The van der Waals surface area contributed by atoms with E-state index < -0.39 is 0 Å². The van der Waals surface area contributed by atoms with Gasteiger partial charge in [0.25, 0.3) is 0 Å². The second-order valence-electron chi connectivity index (χ2n) is 4.59. The molecule has 4 nitrogen and oxygen atoms in total. The minimum atomic E-state index is -0.291. The highest BCUT2D eigenvalue weighted by molar-refractivity contribution is 5.84. The van der Waals surface area contributed by atoms with Crippen molar-refractivity contribution in [2.45, 2.75) is 6.54 Å². The lowest BCUT2D eigenvalue weighted by molar-refractivity contribution is 0.112. The lowest BCUT2D eigenvalue weighted by Crippen LogP contribution is -2.00. The van der Waals surface area contributed by atoms with Gasteiger partial charge in [-0.2, -0.15) is 5.10 Å². The van der Waals surface area contributed by atoms with Gasteiger partial charge in [-0.3, -0.25) is 14.5 Å². The Labute approximate surface area is 120 Å². The van der Waals surface area contributed by atoms with Crippen molar-refractivity contribution in [2.24, 2.45) is 0 Å². The maximum Gasteiger partial charge on any atom is 0.153 e. The molecular weight excluding hydrogens is 269 g/mol. The Morgan fingerprint density at radius 3 is 2.81 bits per heavy atom. The number of halogens is 1. The summed E-state index contributed by atoms with van der Waals surface area (Å²) >= 11 is 0. The number of aldehydes is 1. The molecule has 0 aliphatic rings. The number of aromatic nitrogens is 3. The Kier molecular flexibility index (Phi) is 3.55. The van der Waals surface area contributed by atoms with E-state index in [1.165, 1.54) is 12.1 Å². The molecule has 1 aromatic carbocycles. The molecule has 0 aliphatic carbocycles. The van der Waals surface area contributed by atoms with Crippen LogP contribution in [0.4, 0.5) is 4.39 Å². The van der Waals surface area contributed by atoms with Crippen LogP contribution in [0, 0.1) is 5.82 Å². The van der Waals surface area contributed by atoms with Crippen molar-refractivity contribution in [2.75, 3.05) is 0 Å². The zero-order valence-electron chi connectivity index (χ0n) is 11.1. The molecule has 0 radical (unpaired) electrons. The molecule has 21 heavy (non-hydrogen) atoms. The summed E-state index contributed by atoms with van der Waals surface area (Å²) in [5.41, 5.74) is 2.41. The Morgan fingerprint density at radius 1 is 1.19 bits per heavy atom. The summed E-state index contributed by atoms with van der Waals surface area (Å²) in [6.07, 6.45) is 4.04. The number of carbonyl (C=O) groups excluding carboxylic acids is 1. The summed E-state index contributed by atoms with van der Waals surface area (Å²) < 4.78 is 14.8. The van der Waals surface area contributed by atoms with Gasteiger partial charge in [-0.25, -0.2) is 4.39 Å². The number of pyridine rings is 1. The van der Waals surface area contributed by atoms with Crippen molar-refractivity contribution in [3.8, 4) is 11.4 Å². The molecule has 2 aromatic heterocycles. The van der Waals surface area contributed by atoms with E-state index in [-0.39, 0.29) is 5.82 Å². The van der Waals surface area contributed by atoms with Gasteiger partial charge in [-0.15, -0.1) is 0 Å². The maximum absolute atomic E-state index is 13.2. The molecular formula is C16H12FN3O. The van der Waals surface area contributed by atoms with Crippen LogP contribution < -0.4 is 0 Å². The van der Waals surface area contributed by atoms with Gasteiger partial charge in [0.05, 0.1) is 17.8 Å². The minimum Gasteiger partial charge on any atom is -0.298 e. The molecule has 3 rings (SSSR count). The van der Waals surface area contributed by atoms with E-state index in [4.69, 9.17) is 0 Å². The Balaban J connectivity index is 1.95. The fourth-order valence-corrected chi connectivity index (χ4v) is 2.13. The smallest absolute Gasteiger partial charge is 0.153 e. The van der Waals surface area contributed by atoms with Crippen molar-refractivity contribution in [3.63, 3.8) is 0 Å². The van der Waals surface area contributed by atoms with Crippen molar-refractivity contribution >= 4 is 6.29 Å². The van der Waals surface area contributed by atoms with Gasteiger partial charge < -0.3 is 0 Å². The average molecular weight is 281 g/mol. The van der Waals surface area contributed by atoms with Gasteiger partial charge in [-0.1, -0.05) is 18.2 Å². The fourth-order valence-electron chi connectivity index (χ4n) is 2.13. The van der Waals surface area contributed by atoms with Crippen LogP contribution in [0.15, 0.2) is 54.9 Å². The SMILES string of the molecule is O=Cc1cn(Cc2cccc(F)c2)nc1-c1ccccn1. The van der Waals surface area contributed by atoms with Crippen LogP contribution in [0.3, 0.4) is 0 Å². The molecule has 0 atom stereocenters. The first-order valence-corrected chi connectivity index (χ1v) is 6.45. The van der Waals surface area contributed by atoms with Crippen LogP contribution in [0.1, 0.15) is 15.9 Å². The molecule has 5 heteroatoms. The van der Waals surface area contributed by atoms with Crippen molar-refractivity contribution in [3.05, 3.63) is 71.8 Å². The van der Waals surface area contributed by atoms with Crippen LogP contribution in [0.2, 0.25) is 0 Å². The Hall–Kier alpha value is -2.82. The topological polar surface area (TPSA) is 47.8 Å². The molecule has 0 saturated heterocycles. The van der Waals surface area contributed by atoms with E-state index in [0.29, 0.717) is 23.5 Å². The lowest BCUT2D eigenvalue weighted by atomic mass is 10.2. The van der Waals surface area contributed by atoms with Gasteiger partial charge in [0, 0.05) is 12.4 Å². The minimum absolute atomic E-state index is 0.291. The zero-order valence-corrected chi connectivity index (χ0v) is 11.1. The summed E-state index contributed by atoms with van der Waals surface area (Å²) in [6, 6.07) is 11.7. The number of carbonyl (C=O) groups is 1. The molecule has 0 N–H and O–H groups in total. The first-order valence-electron chi connectivity index (χ1n) is 6.45. The molecule has 0 bridgehead atoms. The van der Waals surface area contributed by atoms with Crippen molar-refractivity contribution in [1.82, 2.24) is 14.8 Å². The number of hydrogen-bond acceptors (Lipinski definition) is 3. The van der Waals surface area contributed by atoms with Gasteiger partial charge in [0.2, 0.25) is 0 Å². The summed E-state index contributed by atoms with van der Waals surface area (Å²) in [5.74, 6) is -0.291. The van der Waals surface area contributed by atoms with E-state index in [2.05, 4.69) is 10.1 Å². The van der Waals surface area contributed by atoms with Crippen LogP contribution in [-0.2, 0) is 6.54 Å². The van der Waals surface area contributed by atoms with E-state index in [0.717, 1.165) is 11.8 Å². The number of nitrogens with zero attached hydrogens (tertiary/aromatic N) is 3. The molecule has 3 aromatic rings. The summed E-state index contributed by atoms with van der Waals surface area (Å²) in [4.78, 5) is 15.4. The van der Waals surface area contributed by atoms with E-state index in [9.17, 15) is 9.18 Å². The highest BCUT2D eigenvalue weighted by Gasteiger charge is 2.11. The van der Waals surface area contributed by atoms with E-state index in [1.54, 1.807) is 35.3 Å². The Bertz CT molecular complexity index is 768. The zero-order chi connectivity index (χ0) is 14.7. The number of hydrogen-bond donors (Lipinski definition) is 0. The van der Waals surface area contributed by atoms with Crippen LogP contribution >= 0.6 is 0 Å². The standard InChI is InChI=1S/C16H12FN3O/c17-14-5-3-4-12(8-14)9-20-10-13(11-21)16(19-20)15-6-1-2-7-18-15/h1-8,10-11H,9H2.